The van der Waals surface area contributed by atoms with Gasteiger partial charge in [0.05, 0.1) is 5.56 Å². The SMILES string of the molecule is FC(F)(F)c1ccc(CCBr)cc1.Fc1ccccc1. The molecule has 0 nitrogen and oxygen atoms in total. The van der Waals surface area contributed by atoms with Gasteiger partial charge in [-0.05, 0) is 36.2 Å². The normalized spacial score (nSPS) is 10.7. The summed E-state index contributed by atoms with van der Waals surface area (Å²) >= 11 is 3.22. The summed E-state index contributed by atoms with van der Waals surface area (Å²) in [6, 6.07) is 13.2. The number of rotatable bonds is 2. The van der Waals surface area contributed by atoms with Gasteiger partial charge in [0.2, 0.25) is 0 Å². The van der Waals surface area contributed by atoms with Gasteiger partial charge in [0, 0.05) is 5.33 Å². The molecule has 108 valence electrons. The second kappa shape index (κ2) is 8.04. The molecular weight excluding hydrogens is 336 g/mol. The molecule has 2 aromatic rings. The molecule has 0 heterocycles. The average molecular weight is 349 g/mol. The number of alkyl halides is 4. The van der Waals surface area contributed by atoms with Crippen LogP contribution in [0.2, 0.25) is 0 Å². The second-order valence-electron chi connectivity index (χ2n) is 3.93. The van der Waals surface area contributed by atoms with Crippen molar-refractivity contribution in [3.8, 4) is 0 Å². The van der Waals surface area contributed by atoms with E-state index in [-0.39, 0.29) is 5.82 Å². The Bertz CT molecular complexity index is 492. The molecule has 2 rings (SSSR count). The highest BCUT2D eigenvalue weighted by molar-refractivity contribution is 9.09. The maximum atomic E-state index is 12.1. The van der Waals surface area contributed by atoms with E-state index in [1.807, 2.05) is 0 Å². The van der Waals surface area contributed by atoms with E-state index >= 15 is 0 Å². The van der Waals surface area contributed by atoms with Crippen molar-refractivity contribution >= 4 is 15.9 Å². The van der Waals surface area contributed by atoms with Crippen molar-refractivity contribution in [2.24, 2.45) is 0 Å². The summed E-state index contributed by atoms with van der Waals surface area (Å²) < 4.78 is 48.2. The first-order valence-corrected chi connectivity index (χ1v) is 6.98. The minimum Gasteiger partial charge on any atom is -0.207 e. The third kappa shape index (κ3) is 6.19. The third-order valence-electron chi connectivity index (χ3n) is 2.40. The highest BCUT2D eigenvalue weighted by Gasteiger charge is 2.29. The fourth-order valence-corrected chi connectivity index (χ4v) is 1.84. The van der Waals surface area contributed by atoms with Crippen LogP contribution in [0.4, 0.5) is 17.6 Å². The van der Waals surface area contributed by atoms with Crippen molar-refractivity contribution in [3.05, 3.63) is 71.5 Å². The molecule has 5 heteroatoms. The molecular formula is C15H13BrF4. The predicted octanol–water partition coefficient (Wildman–Crippen LogP) is 5.47. The minimum atomic E-state index is -4.23. The Morgan fingerprint density at radius 1 is 0.850 bits per heavy atom. The Kier molecular flexibility index (Phi) is 6.71. The van der Waals surface area contributed by atoms with Crippen molar-refractivity contribution < 1.29 is 17.6 Å². The van der Waals surface area contributed by atoms with Gasteiger partial charge in [0.15, 0.2) is 0 Å². The number of aryl methyl sites for hydroxylation is 1. The van der Waals surface area contributed by atoms with E-state index in [4.69, 9.17) is 0 Å². The highest BCUT2D eigenvalue weighted by Crippen LogP contribution is 2.29. The number of halogens is 5. The van der Waals surface area contributed by atoms with Gasteiger partial charge in [0.1, 0.15) is 5.82 Å². The van der Waals surface area contributed by atoms with E-state index in [9.17, 15) is 17.6 Å². The highest BCUT2D eigenvalue weighted by atomic mass is 79.9. The van der Waals surface area contributed by atoms with E-state index in [1.54, 1.807) is 18.2 Å². The molecule has 0 atom stereocenters. The molecule has 2 aromatic carbocycles. The quantitative estimate of drug-likeness (QED) is 0.498. The lowest BCUT2D eigenvalue weighted by molar-refractivity contribution is -0.137. The zero-order valence-corrected chi connectivity index (χ0v) is 12.1. The van der Waals surface area contributed by atoms with Crippen LogP contribution in [-0.2, 0) is 12.6 Å². The fourth-order valence-electron chi connectivity index (χ4n) is 1.38. The second-order valence-corrected chi connectivity index (χ2v) is 4.72. The van der Waals surface area contributed by atoms with E-state index in [0.717, 1.165) is 29.4 Å². The van der Waals surface area contributed by atoms with Crippen LogP contribution in [0.15, 0.2) is 54.6 Å². The first-order valence-electron chi connectivity index (χ1n) is 5.86. The van der Waals surface area contributed by atoms with Crippen molar-refractivity contribution in [2.75, 3.05) is 5.33 Å². The smallest absolute Gasteiger partial charge is 0.207 e. The molecule has 20 heavy (non-hydrogen) atoms. The predicted molar refractivity (Wildman–Crippen MR) is 75.3 cm³/mol. The lowest BCUT2D eigenvalue weighted by Crippen LogP contribution is -2.04. The van der Waals surface area contributed by atoms with Crippen LogP contribution in [0.1, 0.15) is 11.1 Å². The lowest BCUT2D eigenvalue weighted by Gasteiger charge is -2.06. The molecule has 0 aliphatic rings. The van der Waals surface area contributed by atoms with Crippen LogP contribution in [0.5, 0.6) is 0 Å². The monoisotopic (exact) mass is 348 g/mol. The summed E-state index contributed by atoms with van der Waals surface area (Å²) in [6.45, 7) is 0. The summed E-state index contributed by atoms with van der Waals surface area (Å²) in [6.07, 6.45) is -3.48. The molecule has 0 amide bonds. The molecule has 0 bridgehead atoms. The molecule has 0 radical (unpaired) electrons. The zero-order valence-electron chi connectivity index (χ0n) is 10.5. The first-order chi connectivity index (χ1) is 9.43. The van der Waals surface area contributed by atoms with E-state index < -0.39 is 11.7 Å². The van der Waals surface area contributed by atoms with Gasteiger partial charge in [-0.25, -0.2) is 4.39 Å². The summed E-state index contributed by atoms with van der Waals surface area (Å²) in [5.41, 5.74) is 0.315. The first kappa shape index (κ1) is 16.7. The Hall–Kier alpha value is -1.36. The molecule has 0 saturated carbocycles. The molecule has 0 aliphatic heterocycles. The van der Waals surface area contributed by atoms with Gasteiger partial charge >= 0.3 is 6.18 Å². The van der Waals surface area contributed by atoms with Crippen LogP contribution in [-0.4, -0.2) is 5.33 Å². The van der Waals surface area contributed by atoms with Crippen LogP contribution in [0, 0.1) is 5.82 Å². The maximum Gasteiger partial charge on any atom is 0.416 e. The molecule has 0 unspecified atom stereocenters. The molecule has 0 N–H and O–H groups in total. The number of benzene rings is 2. The largest absolute Gasteiger partial charge is 0.416 e. The van der Waals surface area contributed by atoms with Gasteiger partial charge in [0.25, 0.3) is 0 Å². The molecule has 0 spiro atoms. The molecule has 0 saturated heterocycles. The lowest BCUT2D eigenvalue weighted by atomic mass is 10.1. The van der Waals surface area contributed by atoms with Crippen molar-refractivity contribution in [1.82, 2.24) is 0 Å². The minimum absolute atomic E-state index is 0.178. The molecule has 0 aliphatic carbocycles. The Balaban J connectivity index is 0.000000240. The van der Waals surface area contributed by atoms with E-state index in [0.29, 0.717) is 0 Å². The van der Waals surface area contributed by atoms with Gasteiger partial charge in [-0.3, -0.25) is 0 Å². The van der Waals surface area contributed by atoms with Gasteiger partial charge in [-0.1, -0.05) is 46.3 Å². The van der Waals surface area contributed by atoms with Crippen LogP contribution in [0.25, 0.3) is 0 Å². The third-order valence-corrected chi connectivity index (χ3v) is 2.79. The van der Waals surface area contributed by atoms with E-state index in [2.05, 4.69) is 15.9 Å². The van der Waals surface area contributed by atoms with Gasteiger partial charge < -0.3 is 0 Å². The Labute approximate surface area is 123 Å². The standard InChI is InChI=1S/C9H8BrF3.C6H5F/c10-6-5-7-1-3-8(4-2-7)9(11,12)13;7-6-4-2-1-3-5-6/h1-4H,5-6H2;1-5H. The maximum absolute atomic E-state index is 12.1. The number of hydrogen-bond donors (Lipinski definition) is 0. The average Bonchev–Trinajstić information content (AvgIpc) is 2.40. The number of hydrogen-bond acceptors (Lipinski definition) is 0. The Morgan fingerprint density at radius 2 is 1.40 bits per heavy atom. The summed E-state index contributed by atoms with van der Waals surface area (Å²) in [7, 11) is 0. The summed E-state index contributed by atoms with van der Waals surface area (Å²) in [5, 5.41) is 0.762. The van der Waals surface area contributed by atoms with Gasteiger partial charge in [-0.2, -0.15) is 13.2 Å². The topological polar surface area (TPSA) is 0 Å². The van der Waals surface area contributed by atoms with Crippen molar-refractivity contribution in [3.63, 3.8) is 0 Å². The van der Waals surface area contributed by atoms with Crippen LogP contribution < -0.4 is 0 Å². The van der Waals surface area contributed by atoms with Crippen LogP contribution >= 0.6 is 15.9 Å². The van der Waals surface area contributed by atoms with Crippen LogP contribution in [0.3, 0.4) is 0 Å². The summed E-state index contributed by atoms with van der Waals surface area (Å²) in [5.74, 6) is -0.178. The molecule has 0 aromatic heterocycles. The Morgan fingerprint density at radius 3 is 1.75 bits per heavy atom. The van der Waals surface area contributed by atoms with E-state index in [1.165, 1.54) is 24.3 Å². The fraction of sp³-hybridized carbons (Fsp3) is 0.200. The summed E-state index contributed by atoms with van der Waals surface area (Å²) in [4.78, 5) is 0. The zero-order chi connectivity index (χ0) is 15.0. The van der Waals surface area contributed by atoms with Crippen molar-refractivity contribution in [1.29, 1.82) is 0 Å². The van der Waals surface area contributed by atoms with Crippen molar-refractivity contribution in [2.45, 2.75) is 12.6 Å². The van der Waals surface area contributed by atoms with Gasteiger partial charge in [-0.15, -0.1) is 0 Å². The molecule has 0 fully saturated rings.